The van der Waals surface area contributed by atoms with Crippen molar-refractivity contribution in [1.82, 2.24) is 4.98 Å². The Labute approximate surface area is 150 Å². The molecule has 1 amide bonds. The number of amides is 1. The van der Waals surface area contributed by atoms with Gasteiger partial charge in [0.1, 0.15) is 11.5 Å². The molecule has 3 rings (SSSR count). The average Bonchev–Trinajstić information content (AvgIpc) is 2.98. The van der Waals surface area contributed by atoms with Crippen LogP contribution in [0.15, 0.2) is 42.5 Å². The summed E-state index contributed by atoms with van der Waals surface area (Å²) in [6.07, 6.45) is -0.618. The highest BCUT2D eigenvalue weighted by atomic mass is 32.1. The number of fused-ring (bicyclic) bond motifs is 1. The maximum absolute atomic E-state index is 12.4. The van der Waals surface area contributed by atoms with Crippen molar-refractivity contribution in [1.29, 1.82) is 0 Å². The third-order valence-corrected chi connectivity index (χ3v) is 4.60. The number of nitrogens with one attached hydrogen (secondary N) is 1. The Morgan fingerprint density at radius 3 is 2.84 bits per heavy atom. The Bertz CT molecular complexity index is 891. The van der Waals surface area contributed by atoms with E-state index in [2.05, 4.69) is 10.3 Å². The van der Waals surface area contributed by atoms with E-state index in [1.807, 2.05) is 56.3 Å². The minimum Gasteiger partial charge on any atom is -0.494 e. The summed E-state index contributed by atoms with van der Waals surface area (Å²) < 4.78 is 12.2. The standard InChI is InChI=1S/C19H20N2O3S/c1-4-23-14-9-10-15-17(11-14)25-19(20-15)21-18(22)13(3)24-16-8-6-5-7-12(16)2/h5-11,13H,4H2,1-3H3,(H,20,21,22)/t13-/m0/s1. The molecule has 25 heavy (non-hydrogen) atoms. The molecule has 1 aromatic heterocycles. The van der Waals surface area contributed by atoms with Crippen molar-refractivity contribution in [2.24, 2.45) is 0 Å². The van der Waals surface area contributed by atoms with Crippen molar-refractivity contribution in [3.05, 3.63) is 48.0 Å². The molecule has 0 aliphatic carbocycles. The Balaban J connectivity index is 1.69. The summed E-state index contributed by atoms with van der Waals surface area (Å²) in [6, 6.07) is 13.3. The van der Waals surface area contributed by atoms with Gasteiger partial charge in [-0.05, 0) is 50.6 Å². The molecular formula is C19H20N2O3S. The molecule has 5 nitrogen and oxygen atoms in total. The van der Waals surface area contributed by atoms with E-state index in [-0.39, 0.29) is 5.91 Å². The summed E-state index contributed by atoms with van der Waals surface area (Å²) in [4.78, 5) is 16.8. The van der Waals surface area contributed by atoms with Crippen LogP contribution in [0.25, 0.3) is 10.2 Å². The van der Waals surface area contributed by atoms with Gasteiger partial charge in [-0.1, -0.05) is 29.5 Å². The van der Waals surface area contributed by atoms with Gasteiger partial charge in [0.05, 0.1) is 16.8 Å². The molecule has 0 bridgehead atoms. The van der Waals surface area contributed by atoms with Crippen LogP contribution in [0.5, 0.6) is 11.5 Å². The first kappa shape index (κ1) is 17.2. The molecule has 0 unspecified atom stereocenters. The van der Waals surface area contributed by atoms with Gasteiger partial charge in [-0.15, -0.1) is 0 Å². The monoisotopic (exact) mass is 356 g/mol. The molecule has 0 fully saturated rings. The number of thiazole rings is 1. The lowest BCUT2D eigenvalue weighted by atomic mass is 10.2. The van der Waals surface area contributed by atoms with Gasteiger partial charge in [0, 0.05) is 0 Å². The minimum atomic E-state index is -0.618. The first-order valence-electron chi connectivity index (χ1n) is 8.13. The molecule has 1 atom stereocenters. The van der Waals surface area contributed by atoms with Crippen LogP contribution in [0.2, 0.25) is 0 Å². The summed E-state index contributed by atoms with van der Waals surface area (Å²) in [7, 11) is 0. The number of rotatable bonds is 6. The molecule has 3 aromatic rings. The second kappa shape index (κ2) is 7.53. The molecule has 0 radical (unpaired) electrons. The molecule has 0 aliphatic rings. The fourth-order valence-electron chi connectivity index (χ4n) is 2.35. The van der Waals surface area contributed by atoms with Gasteiger partial charge in [-0.25, -0.2) is 4.98 Å². The number of carbonyl (C=O) groups excluding carboxylic acids is 1. The second-order valence-electron chi connectivity index (χ2n) is 5.60. The zero-order valence-electron chi connectivity index (χ0n) is 14.4. The number of aryl methyl sites for hydroxylation is 1. The number of anilines is 1. The summed E-state index contributed by atoms with van der Waals surface area (Å²) in [5.41, 5.74) is 1.82. The highest BCUT2D eigenvalue weighted by molar-refractivity contribution is 7.22. The molecule has 6 heteroatoms. The number of para-hydroxylation sites is 1. The number of nitrogens with zero attached hydrogens (tertiary/aromatic N) is 1. The lowest BCUT2D eigenvalue weighted by Gasteiger charge is -2.15. The number of aromatic nitrogens is 1. The molecule has 0 saturated heterocycles. The molecule has 130 valence electrons. The van der Waals surface area contributed by atoms with E-state index in [1.54, 1.807) is 6.92 Å². The number of hydrogen-bond donors (Lipinski definition) is 1. The van der Waals surface area contributed by atoms with Gasteiger partial charge in [-0.3, -0.25) is 10.1 Å². The summed E-state index contributed by atoms with van der Waals surface area (Å²) >= 11 is 1.41. The molecule has 1 N–H and O–H groups in total. The van der Waals surface area contributed by atoms with Crippen molar-refractivity contribution < 1.29 is 14.3 Å². The first-order valence-corrected chi connectivity index (χ1v) is 8.95. The Morgan fingerprint density at radius 1 is 1.28 bits per heavy atom. The number of benzene rings is 2. The normalized spacial score (nSPS) is 12.0. The molecule has 0 saturated carbocycles. The van der Waals surface area contributed by atoms with Gasteiger partial charge in [0.2, 0.25) is 0 Å². The zero-order valence-corrected chi connectivity index (χ0v) is 15.2. The van der Waals surface area contributed by atoms with Crippen molar-refractivity contribution in [3.8, 4) is 11.5 Å². The number of carbonyl (C=O) groups is 1. The fourth-order valence-corrected chi connectivity index (χ4v) is 3.25. The van der Waals surface area contributed by atoms with E-state index >= 15 is 0 Å². The van der Waals surface area contributed by atoms with E-state index in [1.165, 1.54) is 11.3 Å². The van der Waals surface area contributed by atoms with Crippen LogP contribution >= 0.6 is 11.3 Å². The summed E-state index contributed by atoms with van der Waals surface area (Å²) in [5.74, 6) is 1.27. The molecule has 0 aliphatic heterocycles. The average molecular weight is 356 g/mol. The van der Waals surface area contributed by atoms with Crippen LogP contribution in [0, 0.1) is 6.92 Å². The summed E-state index contributed by atoms with van der Waals surface area (Å²) in [5, 5.41) is 3.37. The largest absolute Gasteiger partial charge is 0.494 e. The third kappa shape index (κ3) is 4.09. The van der Waals surface area contributed by atoms with Crippen LogP contribution in [0.1, 0.15) is 19.4 Å². The predicted molar refractivity (Wildman–Crippen MR) is 101 cm³/mol. The van der Waals surface area contributed by atoms with E-state index in [4.69, 9.17) is 9.47 Å². The van der Waals surface area contributed by atoms with Gasteiger partial charge in [0.25, 0.3) is 5.91 Å². The third-order valence-electron chi connectivity index (χ3n) is 3.67. The maximum Gasteiger partial charge on any atom is 0.266 e. The van der Waals surface area contributed by atoms with Crippen LogP contribution in [-0.2, 0) is 4.79 Å². The quantitative estimate of drug-likeness (QED) is 0.711. The highest BCUT2D eigenvalue weighted by Crippen LogP contribution is 2.29. The lowest BCUT2D eigenvalue weighted by Crippen LogP contribution is -2.30. The maximum atomic E-state index is 12.4. The highest BCUT2D eigenvalue weighted by Gasteiger charge is 2.17. The zero-order chi connectivity index (χ0) is 17.8. The van der Waals surface area contributed by atoms with Gasteiger partial charge < -0.3 is 9.47 Å². The molecule has 2 aromatic carbocycles. The van der Waals surface area contributed by atoms with E-state index in [0.717, 1.165) is 21.5 Å². The Morgan fingerprint density at radius 2 is 2.08 bits per heavy atom. The Kier molecular flexibility index (Phi) is 5.19. The first-order chi connectivity index (χ1) is 12.1. The van der Waals surface area contributed by atoms with Crippen LogP contribution in [0.3, 0.4) is 0 Å². The van der Waals surface area contributed by atoms with Crippen LogP contribution < -0.4 is 14.8 Å². The van der Waals surface area contributed by atoms with E-state index < -0.39 is 6.10 Å². The van der Waals surface area contributed by atoms with Crippen molar-refractivity contribution in [2.45, 2.75) is 26.9 Å². The fraction of sp³-hybridized carbons (Fsp3) is 0.263. The van der Waals surface area contributed by atoms with Crippen LogP contribution in [-0.4, -0.2) is 23.6 Å². The predicted octanol–water partition coefficient (Wildman–Crippen LogP) is 4.41. The van der Waals surface area contributed by atoms with E-state index in [0.29, 0.717) is 17.5 Å². The Hall–Kier alpha value is -2.60. The van der Waals surface area contributed by atoms with E-state index in [9.17, 15) is 4.79 Å². The van der Waals surface area contributed by atoms with Crippen molar-refractivity contribution >= 4 is 32.6 Å². The number of ether oxygens (including phenoxy) is 2. The van der Waals surface area contributed by atoms with Crippen molar-refractivity contribution in [2.75, 3.05) is 11.9 Å². The lowest BCUT2D eigenvalue weighted by molar-refractivity contribution is -0.122. The van der Waals surface area contributed by atoms with Gasteiger partial charge in [0.15, 0.2) is 11.2 Å². The van der Waals surface area contributed by atoms with Crippen molar-refractivity contribution in [3.63, 3.8) is 0 Å². The molecule has 1 heterocycles. The SMILES string of the molecule is CCOc1ccc2nc(NC(=O)[C@H](C)Oc3ccccc3C)sc2c1. The van der Waals surface area contributed by atoms with Crippen LogP contribution in [0.4, 0.5) is 5.13 Å². The molecular weight excluding hydrogens is 336 g/mol. The smallest absolute Gasteiger partial charge is 0.266 e. The second-order valence-corrected chi connectivity index (χ2v) is 6.63. The number of hydrogen-bond acceptors (Lipinski definition) is 5. The minimum absolute atomic E-state index is 0.229. The summed E-state index contributed by atoms with van der Waals surface area (Å²) in [6.45, 7) is 6.23. The van der Waals surface area contributed by atoms with Gasteiger partial charge in [-0.2, -0.15) is 0 Å². The topological polar surface area (TPSA) is 60.5 Å². The molecule has 0 spiro atoms. The van der Waals surface area contributed by atoms with Gasteiger partial charge >= 0.3 is 0 Å².